The van der Waals surface area contributed by atoms with E-state index in [0.29, 0.717) is 28.5 Å². The molecule has 3 rings (SSSR count). The Hall–Kier alpha value is -2.58. The number of halogens is 2. The topological polar surface area (TPSA) is 45.7 Å². The Morgan fingerprint density at radius 1 is 1.17 bits per heavy atom. The Balaban J connectivity index is 1.81. The third kappa shape index (κ3) is 5.48. The average molecular weight is 419 g/mol. The zero-order valence-electron chi connectivity index (χ0n) is 16.6. The minimum Gasteiger partial charge on any atom is -0.484 e. The largest absolute Gasteiger partial charge is 0.484 e. The minimum atomic E-state index is -0.737. The van der Waals surface area contributed by atoms with Gasteiger partial charge in [0.25, 0.3) is 5.91 Å². The summed E-state index contributed by atoms with van der Waals surface area (Å²) in [5, 5.41) is 0.334. The van der Waals surface area contributed by atoms with Crippen LogP contribution in [-0.4, -0.2) is 49.6 Å². The monoisotopic (exact) mass is 419 g/mol. The molecule has 0 bridgehead atoms. The normalized spacial score (nSPS) is 11.2. The van der Waals surface area contributed by atoms with Gasteiger partial charge in [-0.05, 0) is 57.7 Å². The molecule has 0 aliphatic carbocycles. The zero-order chi connectivity index (χ0) is 21.0. The van der Waals surface area contributed by atoms with Crippen LogP contribution < -0.4 is 9.64 Å². The van der Waals surface area contributed by atoms with Crippen LogP contribution in [-0.2, 0) is 4.79 Å². The lowest BCUT2D eigenvalue weighted by molar-refractivity contribution is -0.120. The molecule has 29 heavy (non-hydrogen) atoms. The van der Waals surface area contributed by atoms with Crippen LogP contribution in [0.25, 0.3) is 10.2 Å². The fourth-order valence-corrected chi connectivity index (χ4v) is 3.91. The van der Waals surface area contributed by atoms with Crippen molar-refractivity contribution in [1.82, 2.24) is 9.88 Å². The fourth-order valence-electron chi connectivity index (χ4n) is 2.86. The van der Waals surface area contributed by atoms with Gasteiger partial charge in [-0.15, -0.1) is 0 Å². The Kier molecular flexibility index (Phi) is 6.76. The first-order chi connectivity index (χ1) is 13.8. The summed E-state index contributed by atoms with van der Waals surface area (Å²) in [6, 6.07) is 9.45. The van der Waals surface area contributed by atoms with Crippen molar-refractivity contribution in [3.8, 4) is 5.75 Å². The van der Waals surface area contributed by atoms with Crippen LogP contribution in [0.15, 0.2) is 36.4 Å². The van der Waals surface area contributed by atoms with Gasteiger partial charge in [0, 0.05) is 12.6 Å². The van der Waals surface area contributed by atoms with Crippen molar-refractivity contribution < 1.29 is 18.3 Å². The number of aryl methyl sites for hydroxylation is 1. The highest BCUT2D eigenvalue weighted by Crippen LogP contribution is 2.31. The Labute approximate surface area is 172 Å². The third-order valence-corrected chi connectivity index (χ3v) is 5.30. The first kappa shape index (κ1) is 21.1. The lowest BCUT2D eigenvalue weighted by Gasteiger charge is -2.21. The summed E-state index contributed by atoms with van der Waals surface area (Å²) in [5.41, 5.74) is 1.10. The summed E-state index contributed by atoms with van der Waals surface area (Å²) in [6.45, 7) is 2.95. The molecule has 1 amide bonds. The smallest absolute Gasteiger partial charge is 0.266 e. The highest BCUT2D eigenvalue weighted by molar-refractivity contribution is 7.22. The molecular weight excluding hydrogens is 396 g/mol. The van der Waals surface area contributed by atoms with E-state index in [0.717, 1.165) is 29.5 Å². The van der Waals surface area contributed by atoms with Gasteiger partial charge in [-0.25, -0.2) is 13.8 Å². The molecule has 154 valence electrons. The summed E-state index contributed by atoms with van der Waals surface area (Å²) in [6.07, 6.45) is 0.704. The van der Waals surface area contributed by atoms with Gasteiger partial charge in [0.05, 0.1) is 4.70 Å². The minimum absolute atomic E-state index is 0.0661. The lowest BCUT2D eigenvalue weighted by Crippen LogP contribution is -2.36. The quantitative estimate of drug-likeness (QED) is 0.548. The molecule has 0 saturated carbocycles. The Morgan fingerprint density at radius 3 is 2.69 bits per heavy atom. The van der Waals surface area contributed by atoms with E-state index < -0.39 is 11.6 Å². The van der Waals surface area contributed by atoms with E-state index >= 15 is 0 Å². The van der Waals surface area contributed by atoms with Gasteiger partial charge in [0.2, 0.25) is 0 Å². The standard InChI is InChI=1S/C21H23F2N3O2S/c1-14-6-4-7-16(10-14)28-13-19(27)26(9-5-8-25(2)3)21-24-20-17(23)11-15(22)12-18(20)29-21/h4,6-7,10-12H,5,8-9,13H2,1-3H3. The number of ether oxygens (including phenoxy) is 1. The molecule has 0 atom stereocenters. The molecule has 5 nitrogen and oxygen atoms in total. The Bertz CT molecular complexity index is 1010. The molecule has 1 aromatic heterocycles. The zero-order valence-corrected chi connectivity index (χ0v) is 17.4. The van der Waals surface area contributed by atoms with E-state index in [1.54, 1.807) is 6.07 Å². The summed E-state index contributed by atoms with van der Waals surface area (Å²) in [5.74, 6) is -1.09. The van der Waals surface area contributed by atoms with Crippen molar-refractivity contribution in [1.29, 1.82) is 0 Å². The molecule has 0 radical (unpaired) electrons. The highest BCUT2D eigenvalue weighted by Gasteiger charge is 2.21. The van der Waals surface area contributed by atoms with Gasteiger partial charge >= 0.3 is 0 Å². The van der Waals surface area contributed by atoms with Gasteiger partial charge in [-0.3, -0.25) is 9.69 Å². The second kappa shape index (κ2) is 9.28. The summed E-state index contributed by atoms with van der Waals surface area (Å²) in [4.78, 5) is 20.6. The fraction of sp³-hybridized carbons (Fsp3) is 0.333. The SMILES string of the molecule is Cc1cccc(OCC(=O)N(CCCN(C)C)c2nc3c(F)cc(F)cc3s2)c1. The van der Waals surface area contributed by atoms with Gasteiger partial charge in [-0.1, -0.05) is 23.5 Å². The van der Waals surface area contributed by atoms with Crippen LogP contribution >= 0.6 is 11.3 Å². The number of hydrogen-bond acceptors (Lipinski definition) is 5. The first-order valence-electron chi connectivity index (χ1n) is 9.23. The third-order valence-electron chi connectivity index (χ3n) is 4.27. The van der Waals surface area contributed by atoms with Crippen LogP contribution in [0.3, 0.4) is 0 Å². The van der Waals surface area contributed by atoms with E-state index in [4.69, 9.17) is 4.74 Å². The number of nitrogens with zero attached hydrogens (tertiary/aromatic N) is 3. The van der Waals surface area contributed by atoms with Crippen molar-refractivity contribution >= 4 is 32.6 Å². The second-order valence-corrected chi connectivity index (χ2v) is 8.05. The first-order valence-corrected chi connectivity index (χ1v) is 10.1. The molecule has 0 unspecified atom stereocenters. The van der Waals surface area contributed by atoms with Gasteiger partial charge in [-0.2, -0.15) is 0 Å². The highest BCUT2D eigenvalue weighted by atomic mass is 32.1. The van der Waals surface area contributed by atoms with Crippen LogP contribution in [0.5, 0.6) is 5.75 Å². The number of carbonyl (C=O) groups is 1. The number of aromatic nitrogens is 1. The molecule has 0 spiro atoms. The average Bonchev–Trinajstić information content (AvgIpc) is 3.07. The number of carbonyl (C=O) groups excluding carboxylic acids is 1. The molecule has 3 aromatic rings. The van der Waals surface area contributed by atoms with Crippen molar-refractivity contribution in [2.24, 2.45) is 0 Å². The van der Waals surface area contributed by atoms with Crippen LogP contribution in [0, 0.1) is 18.6 Å². The molecule has 0 aliphatic rings. The Morgan fingerprint density at radius 2 is 1.97 bits per heavy atom. The van der Waals surface area contributed by atoms with E-state index in [9.17, 15) is 13.6 Å². The number of rotatable bonds is 8. The van der Waals surface area contributed by atoms with Crippen molar-refractivity contribution in [2.45, 2.75) is 13.3 Å². The maximum absolute atomic E-state index is 14.1. The molecule has 0 N–H and O–H groups in total. The molecular formula is C21H23F2N3O2S. The summed E-state index contributed by atoms with van der Waals surface area (Å²) >= 11 is 1.09. The van der Waals surface area contributed by atoms with Crippen molar-refractivity contribution in [3.63, 3.8) is 0 Å². The summed E-state index contributed by atoms with van der Waals surface area (Å²) in [7, 11) is 3.89. The molecule has 0 saturated heterocycles. The van der Waals surface area contributed by atoms with Gasteiger partial charge < -0.3 is 9.64 Å². The second-order valence-electron chi connectivity index (χ2n) is 7.04. The molecule has 0 fully saturated rings. The van der Waals surface area contributed by atoms with Crippen LogP contribution in [0.4, 0.5) is 13.9 Å². The maximum Gasteiger partial charge on any atom is 0.266 e. The number of benzene rings is 2. The van der Waals surface area contributed by atoms with Gasteiger partial charge in [0.15, 0.2) is 17.6 Å². The summed E-state index contributed by atoms with van der Waals surface area (Å²) < 4.78 is 33.6. The number of anilines is 1. The number of fused-ring (bicyclic) bond motifs is 1. The van der Waals surface area contributed by atoms with Crippen molar-refractivity contribution in [3.05, 3.63) is 53.6 Å². The number of amides is 1. The maximum atomic E-state index is 14.1. The molecule has 2 aromatic carbocycles. The molecule has 8 heteroatoms. The van der Waals surface area contributed by atoms with E-state index in [1.165, 1.54) is 11.0 Å². The van der Waals surface area contributed by atoms with Crippen LogP contribution in [0.2, 0.25) is 0 Å². The molecule has 1 heterocycles. The predicted molar refractivity (Wildman–Crippen MR) is 112 cm³/mol. The predicted octanol–water partition coefficient (Wildman–Crippen LogP) is 4.25. The van der Waals surface area contributed by atoms with Gasteiger partial charge in [0.1, 0.15) is 17.1 Å². The van der Waals surface area contributed by atoms with E-state index in [1.807, 2.05) is 44.1 Å². The number of hydrogen-bond donors (Lipinski definition) is 0. The van der Waals surface area contributed by atoms with Crippen LogP contribution in [0.1, 0.15) is 12.0 Å². The molecule has 0 aliphatic heterocycles. The van der Waals surface area contributed by atoms with E-state index in [2.05, 4.69) is 4.98 Å². The van der Waals surface area contributed by atoms with E-state index in [-0.39, 0.29) is 18.0 Å². The van der Waals surface area contributed by atoms with Crippen molar-refractivity contribution in [2.75, 3.05) is 38.7 Å². The number of thiazole rings is 1. The lowest BCUT2D eigenvalue weighted by atomic mass is 10.2.